The molecule has 3 heterocycles. The summed E-state index contributed by atoms with van der Waals surface area (Å²) in [5, 5.41) is 11.6. The normalized spacial score (nSPS) is 25.4. The van der Waals surface area contributed by atoms with Gasteiger partial charge in [-0.2, -0.15) is 5.10 Å². The van der Waals surface area contributed by atoms with Gasteiger partial charge in [-0.3, -0.25) is 19.6 Å². The minimum Gasteiger partial charge on any atom is -0.317 e. The number of hydrogen-bond acceptors (Lipinski definition) is 4. The van der Waals surface area contributed by atoms with E-state index >= 15 is 0 Å². The van der Waals surface area contributed by atoms with Crippen LogP contribution in [0.15, 0.2) is 18.2 Å². The van der Waals surface area contributed by atoms with Gasteiger partial charge >= 0.3 is 0 Å². The van der Waals surface area contributed by atoms with E-state index in [4.69, 9.17) is 0 Å². The van der Waals surface area contributed by atoms with Crippen molar-refractivity contribution in [2.24, 2.45) is 7.05 Å². The fourth-order valence-electron chi connectivity index (χ4n) is 4.12. The average Bonchev–Trinajstić information content (AvgIpc) is 2.96. The lowest BCUT2D eigenvalue weighted by Gasteiger charge is -2.30. The van der Waals surface area contributed by atoms with Gasteiger partial charge in [-0.15, -0.1) is 0 Å². The molecule has 6 heteroatoms. The van der Waals surface area contributed by atoms with Gasteiger partial charge in [-0.1, -0.05) is 12.1 Å². The molecule has 2 amide bonds. The molecule has 2 aliphatic rings. The van der Waals surface area contributed by atoms with E-state index in [1.807, 2.05) is 18.7 Å². The smallest absolute Gasteiger partial charge is 0.238 e. The number of carbonyl (C=O) groups excluding carboxylic acids is 2. The maximum Gasteiger partial charge on any atom is 0.238 e. The molecule has 0 bridgehead atoms. The Labute approximate surface area is 147 Å². The van der Waals surface area contributed by atoms with Crippen LogP contribution in [-0.2, 0) is 22.1 Å². The average molecular weight is 340 g/mol. The second-order valence-electron chi connectivity index (χ2n) is 7.48. The molecule has 0 aliphatic carbocycles. The highest BCUT2D eigenvalue weighted by Gasteiger charge is 2.43. The Bertz CT molecular complexity index is 850. The van der Waals surface area contributed by atoms with Crippen LogP contribution in [0, 0.1) is 0 Å². The lowest BCUT2D eigenvalue weighted by Crippen LogP contribution is -2.50. The third-order valence-corrected chi connectivity index (χ3v) is 5.81. The molecule has 1 aromatic carbocycles. The zero-order valence-corrected chi connectivity index (χ0v) is 14.8. The number of aromatic nitrogens is 2. The van der Waals surface area contributed by atoms with Crippen molar-refractivity contribution in [2.75, 3.05) is 13.1 Å². The minimum atomic E-state index is -0.760. The highest BCUT2D eigenvalue weighted by molar-refractivity contribution is 6.04. The molecule has 0 spiro atoms. The third kappa shape index (κ3) is 2.65. The van der Waals surface area contributed by atoms with Crippen LogP contribution in [0.25, 0.3) is 10.9 Å². The maximum absolute atomic E-state index is 12.5. The summed E-state index contributed by atoms with van der Waals surface area (Å²) in [5.74, 6) is 0.136. The van der Waals surface area contributed by atoms with Crippen molar-refractivity contribution in [1.82, 2.24) is 20.4 Å². The van der Waals surface area contributed by atoms with Crippen molar-refractivity contribution < 1.29 is 9.59 Å². The first-order chi connectivity index (χ1) is 12.0. The van der Waals surface area contributed by atoms with E-state index in [2.05, 4.69) is 33.9 Å². The predicted molar refractivity (Wildman–Crippen MR) is 95.3 cm³/mol. The molecule has 0 saturated carbocycles. The molecule has 132 valence electrons. The number of rotatable bonds is 2. The van der Waals surface area contributed by atoms with Gasteiger partial charge in [0, 0.05) is 18.9 Å². The summed E-state index contributed by atoms with van der Waals surface area (Å²) in [4.78, 5) is 24.0. The van der Waals surface area contributed by atoms with Gasteiger partial charge in [0.1, 0.15) is 0 Å². The van der Waals surface area contributed by atoms with Gasteiger partial charge in [0.25, 0.3) is 0 Å². The molecule has 2 saturated heterocycles. The predicted octanol–water partition coefficient (Wildman–Crippen LogP) is 1.73. The number of imide groups is 1. The number of nitrogens with one attached hydrogen (secondary N) is 2. The molecule has 2 fully saturated rings. The van der Waals surface area contributed by atoms with Crippen molar-refractivity contribution in [3.8, 4) is 0 Å². The molecule has 4 rings (SSSR count). The Hall–Kier alpha value is -2.21. The third-order valence-electron chi connectivity index (χ3n) is 5.81. The Morgan fingerprint density at radius 2 is 2.00 bits per heavy atom. The van der Waals surface area contributed by atoms with Gasteiger partial charge in [0.2, 0.25) is 11.8 Å². The SMILES string of the molecule is Cn1nc([C@@]2(C)CCC(=O)NC2=O)c2ccc(C3CCNCC3)cc21. The lowest BCUT2D eigenvalue weighted by molar-refractivity contribution is -0.137. The van der Waals surface area contributed by atoms with Crippen LogP contribution in [0.5, 0.6) is 0 Å². The van der Waals surface area contributed by atoms with E-state index in [1.165, 1.54) is 5.56 Å². The number of aryl methyl sites for hydroxylation is 1. The number of amides is 2. The van der Waals surface area contributed by atoms with Crippen LogP contribution in [-0.4, -0.2) is 34.7 Å². The van der Waals surface area contributed by atoms with E-state index in [0.717, 1.165) is 42.5 Å². The molecule has 25 heavy (non-hydrogen) atoms. The zero-order chi connectivity index (χ0) is 17.6. The van der Waals surface area contributed by atoms with E-state index in [-0.39, 0.29) is 11.8 Å². The Morgan fingerprint density at radius 3 is 2.72 bits per heavy atom. The molecule has 6 nitrogen and oxygen atoms in total. The number of hydrogen-bond donors (Lipinski definition) is 2. The highest BCUT2D eigenvalue weighted by atomic mass is 16.2. The first kappa shape index (κ1) is 16.3. The number of fused-ring (bicyclic) bond motifs is 1. The molecule has 2 aromatic rings. The van der Waals surface area contributed by atoms with Crippen molar-refractivity contribution in [3.63, 3.8) is 0 Å². The quantitative estimate of drug-likeness (QED) is 0.817. The molecule has 0 radical (unpaired) electrons. The van der Waals surface area contributed by atoms with Crippen LogP contribution < -0.4 is 10.6 Å². The molecular weight excluding hydrogens is 316 g/mol. The second-order valence-corrected chi connectivity index (χ2v) is 7.48. The van der Waals surface area contributed by atoms with Crippen LogP contribution in [0.4, 0.5) is 0 Å². The largest absolute Gasteiger partial charge is 0.317 e. The summed E-state index contributed by atoms with van der Waals surface area (Å²) in [6.45, 7) is 4.01. The van der Waals surface area contributed by atoms with Crippen molar-refractivity contribution in [1.29, 1.82) is 0 Å². The molecular formula is C19H24N4O2. The molecule has 1 aromatic heterocycles. The van der Waals surface area contributed by atoms with Gasteiger partial charge < -0.3 is 5.32 Å². The van der Waals surface area contributed by atoms with Crippen LogP contribution in [0.3, 0.4) is 0 Å². The minimum absolute atomic E-state index is 0.198. The van der Waals surface area contributed by atoms with E-state index < -0.39 is 5.41 Å². The number of nitrogens with zero attached hydrogens (tertiary/aromatic N) is 2. The van der Waals surface area contributed by atoms with E-state index in [0.29, 0.717) is 18.8 Å². The number of carbonyl (C=O) groups is 2. The molecule has 1 atom stereocenters. The molecule has 2 N–H and O–H groups in total. The van der Waals surface area contributed by atoms with Crippen molar-refractivity contribution >= 4 is 22.7 Å². The number of benzene rings is 1. The van der Waals surface area contributed by atoms with E-state index in [9.17, 15) is 9.59 Å². The fraction of sp³-hybridized carbons (Fsp3) is 0.526. The van der Waals surface area contributed by atoms with Crippen LogP contribution in [0.1, 0.15) is 49.8 Å². The van der Waals surface area contributed by atoms with Gasteiger partial charge in [-0.25, -0.2) is 0 Å². The summed E-state index contributed by atoms with van der Waals surface area (Å²) in [7, 11) is 1.92. The summed E-state index contributed by atoms with van der Waals surface area (Å²) in [6.07, 6.45) is 3.16. The maximum atomic E-state index is 12.5. The van der Waals surface area contributed by atoms with Gasteiger partial charge in [0.15, 0.2) is 0 Å². The van der Waals surface area contributed by atoms with Crippen molar-refractivity contribution in [3.05, 3.63) is 29.5 Å². The Kier molecular flexibility index (Phi) is 3.87. The van der Waals surface area contributed by atoms with E-state index in [1.54, 1.807) is 0 Å². The second kappa shape index (κ2) is 5.95. The monoisotopic (exact) mass is 340 g/mol. The molecule has 2 aliphatic heterocycles. The first-order valence-electron chi connectivity index (χ1n) is 9.01. The van der Waals surface area contributed by atoms with Crippen LogP contribution >= 0.6 is 0 Å². The van der Waals surface area contributed by atoms with Gasteiger partial charge in [-0.05, 0) is 56.8 Å². The molecule has 0 unspecified atom stereocenters. The lowest BCUT2D eigenvalue weighted by atomic mass is 9.77. The Balaban J connectivity index is 1.76. The van der Waals surface area contributed by atoms with Crippen molar-refractivity contribution in [2.45, 2.75) is 43.9 Å². The Morgan fingerprint density at radius 1 is 1.24 bits per heavy atom. The summed E-state index contributed by atoms with van der Waals surface area (Å²) in [6, 6.07) is 6.50. The highest BCUT2D eigenvalue weighted by Crippen LogP contribution is 2.37. The summed E-state index contributed by atoms with van der Waals surface area (Å²) in [5.41, 5.74) is 2.41. The van der Waals surface area contributed by atoms with Gasteiger partial charge in [0.05, 0.1) is 16.6 Å². The fourth-order valence-corrected chi connectivity index (χ4v) is 4.12. The summed E-state index contributed by atoms with van der Waals surface area (Å²) >= 11 is 0. The summed E-state index contributed by atoms with van der Waals surface area (Å²) < 4.78 is 1.87. The number of piperidine rings is 2. The topological polar surface area (TPSA) is 76.0 Å². The zero-order valence-electron chi connectivity index (χ0n) is 14.8. The standard InChI is InChI=1S/C19H24N4O2/c1-19(8-5-16(24)21-18(19)25)17-14-4-3-13(11-15(14)23(2)22-17)12-6-9-20-10-7-12/h3-4,11-12,20H,5-10H2,1-2H3,(H,21,24,25)/t19-/m1/s1. The first-order valence-corrected chi connectivity index (χ1v) is 9.01. The van der Waals surface area contributed by atoms with Crippen LogP contribution in [0.2, 0.25) is 0 Å².